The molecule has 0 bridgehead atoms. The molecule has 0 N–H and O–H groups in total. The molecule has 121 heavy (non-hydrogen) atoms. The first-order valence-electron chi connectivity index (χ1n) is 56.1. The smallest absolute Gasteiger partial charge is 0.0654 e. The van der Waals surface area contributed by atoms with Gasteiger partial charge in [-0.15, -0.1) is 0 Å². The van der Waals surface area contributed by atoms with Crippen molar-refractivity contribution in [2.24, 2.45) is 0 Å². The predicted molar refractivity (Wildman–Crippen MR) is 545 cm³/mol. The second-order valence-electron chi connectivity index (χ2n) is 39.1. The van der Waals surface area contributed by atoms with Crippen LogP contribution in [0.1, 0.15) is 641 Å². The molecule has 0 saturated carbocycles. The molecule has 0 amide bonds. The van der Waals surface area contributed by atoms with E-state index in [1.807, 2.05) is 0 Å². The number of hydrogen-bond donors (Lipinski definition) is 0. The van der Waals surface area contributed by atoms with Crippen LogP contribution in [0.15, 0.2) is 47.5 Å². The Kier molecular flexibility index (Phi) is 87.4. The summed E-state index contributed by atoms with van der Waals surface area (Å²) in [6, 6.07) is 14.7. The number of hydrogen-bond acceptors (Lipinski definition) is 0. The van der Waals surface area contributed by atoms with Crippen molar-refractivity contribution in [1.29, 1.82) is 0 Å². The summed E-state index contributed by atoms with van der Waals surface area (Å²) in [6.45, 7) is 18.4. The van der Waals surface area contributed by atoms with Gasteiger partial charge in [0.05, 0.1) is 0 Å². The van der Waals surface area contributed by atoms with Crippen molar-refractivity contribution in [3.63, 3.8) is 0 Å². The minimum Gasteiger partial charge on any atom is -0.0654 e. The topological polar surface area (TPSA) is 25.3 Å². The van der Waals surface area contributed by atoms with E-state index in [-0.39, 0.29) is 0 Å². The third kappa shape index (κ3) is 70.2. The fourth-order valence-electron chi connectivity index (χ4n) is 18.9. The molecule has 2 aromatic rings. The number of allylic oxidation sites excluding steroid dienone is 2. The van der Waals surface area contributed by atoms with E-state index in [9.17, 15) is 5.53 Å². The number of aryl methyl sites for hydroxylation is 4. The van der Waals surface area contributed by atoms with Crippen LogP contribution < -0.4 is 0 Å². The maximum atomic E-state index is 12.9. The van der Waals surface area contributed by atoms with Crippen LogP contribution in [0.4, 0.5) is 0 Å². The molecular formula is C118H214N2Ni. The Morgan fingerprint density at radius 2 is 0.397 bits per heavy atom. The van der Waals surface area contributed by atoms with Crippen molar-refractivity contribution in [2.75, 3.05) is 0 Å². The quantitative estimate of drug-likeness (QED) is 0.0273. The molecule has 3 heteroatoms. The van der Waals surface area contributed by atoms with E-state index in [4.69, 9.17) is 0 Å². The van der Waals surface area contributed by atoms with Crippen LogP contribution in [-0.4, -0.2) is 4.70 Å². The maximum absolute atomic E-state index is 12.9. The standard InChI is InChI=1S/C60H96N2.2C29H59.Ni/c1-7-13-19-24-27-28-29-30-33-38-44-58-57(43-18-12-6)59(55-47-51(39-34-22-16-10-4)45-52(48-55)40-35-23-17-11-5)62(61)60(58)56-49-53(41-36-31-25-20-14-8-2)46-54(50-56)42-37-32-26-21-15-9-3;2*1-3-5-7-9-11-13-15-17-19-21-23-25-27-29-28-26-24-22-20-18-16-14-12-10-8-6-4-2;/h45-50H,7-37,39-43H2,1-6H3;2*1,3-29H2,2H3;. The van der Waals surface area contributed by atoms with Crippen LogP contribution in [0.25, 0.3) is 16.9 Å². The molecule has 0 aliphatic carbocycles. The monoisotopic (exact) mass is 1720 g/mol. The average Bonchev–Trinajstić information content (AvgIpc) is 1.60. The van der Waals surface area contributed by atoms with Crippen molar-refractivity contribution in [3.05, 3.63) is 86.5 Å². The van der Waals surface area contributed by atoms with E-state index in [1.54, 1.807) is 4.70 Å². The van der Waals surface area contributed by atoms with Gasteiger partial charge in [0.15, 0.2) is 0 Å². The van der Waals surface area contributed by atoms with E-state index in [0.717, 1.165) is 80.3 Å². The van der Waals surface area contributed by atoms with Gasteiger partial charge in [-0.05, 0) is 117 Å². The van der Waals surface area contributed by atoms with Crippen LogP contribution in [0.2, 0.25) is 10.8 Å². The van der Waals surface area contributed by atoms with E-state index < -0.39 is 0 Å². The van der Waals surface area contributed by atoms with Gasteiger partial charge in [0.1, 0.15) is 5.57 Å². The summed E-state index contributed by atoms with van der Waals surface area (Å²) in [7, 11) is 0. The van der Waals surface area contributed by atoms with Gasteiger partial charge in [-0.3, -0.25) is 0 Å². The number of nitrogens with zero attached hydrogens (tertiary/aromatic N) is 2. The molecule has 0 fully saturated rings. The molecule has 706 valence electrons. The molecule has 0 spiro atoms. The second-order valence-corrected chi connectivity index (χ2v) is 40.6. The van der Waals surface area contributed by atoms with Crippen molar-refractivity contribution in [1.82, 2.24) is 0 Å². The first-order valence-corrected chi connectivity index (χ1v) is 57.5. The molecule has 0 unspecified atom stereocenters. The van der Waals surface area contributed by atoms with Gasteiger partial charge >= 0.3 is 166 Å². The molecule has 1 aliphatic heterocycles. The SMILES string of the molecule is CCCCCCCCCCC#CC1=C(c2cc(CCCCCCCC)cc(CCCCCCCC)c2)[N+](=[N-])C(c2cc(CCCCCC)cc(CCCCCC)c2)=C1CCCC.CCCCCCCCCCCCCCCCCCCCCCCCCCCC[CH2][Ni][CH2]CCCCCCCCCCCCCCCCCCCCCCCCCCCC. The first-order chi connectivity index (χ1) is 59.9. The zero-order valence-electron chi connectivity index (χ0n) is 83.7. The summed E-state index contributed by atoms with van der Waals surface area (Å²) < 4.78 is 1.63. The van der Waals surface area contributed by atoms with Gasteiger partial charge in [0.25, 0.3) is 0 Å². The zero-order valence-corrected chi connectivity index (χ0v) is 84.7. The third-order valence-electron chi connectivity index (χ3n) is 27.0. The Hall–Kier alpha value is -2.43. The normalized spacial score (nSPS) is 12.3. The summed E-state index contributed by atoms with van der Waals surface area (Å²) >= 11 is 2.05. The molecule has 2 aromatic carbocycles. The summed E-state index contributed by atoms with van der Waals surface area (Å²) in [5.41, 5.74) is 25.2. The number of unbranched alkanes of at least 4 members (excludes halogenated alkanes) is 77. The van der Waals surface area contributed by atoms with Crippen LogP contribution in [-0.2, 0) is 40.1 Å². The Labute approximate surface area is 767 Å². The van der Waals surface area contributed by atoms with Gasteiger partial charge < -0.3 is 5.53 Å². The minimum absolute atomic E-state index is 0.921. The molecule has 0 saturated heterocycles. The van der Waals surface area contributed by atoms with Crippen LogP contribution in [0, 0.1) is 11.8 Å². The average molecular weight is 1720 g/mol. The second kappa shape index (κ2) is 92.3. The first kappa shape index (κ1) is 115. The summed E-state index contributed by atoms with van der Waals surface area (Å²) in [5.74, 6) is 7.52. The van der Waals surface area contributed by atoms with Gasteiger partial charge in [0, 0.05) is 23.1 Å². The molecule has 1 heterocycles. The van der Waals surface area contributed by atoms with Crippen molar-refractivity contribution in [2.45, 2.75) is 644 Å². The zero-order chi connectivity index (χ0) is 86.8. The van der Waals surface area contributed by atoms with Gasteiger partial charge in [-0.2, -0.15) is 0 Å². The van der Waals surface area contributed by atoms with Crippen molar-refractivity contribution >= 4 is 11.4 Å². The Bertz CT molecular complexity index is 2520. The Balaban J connectivity index is 0.000000822. The van der Waals surface area contributed by atoms with E-state index in [1.165, 1.54) is 564 Å². The molecule has 3 rings (SSSR count). The van der Waals surface area contributed by atoms with Gasteiger partial charge in [0.2, 0.25) is 11.4 Å². The van der Waals surface area contributed by atoms with E-state index in [0.29, 0.717) is 0 Å². The molecule has 1 aliphatic rings. The van der Waals surface area contributed by atoms with Gasteiger partial charge in [-0.25, -0.2) is 4.70 Å². The Morgan fingerprint density at radius 1 is 0.207 bits per heavy atom. The fraction of sp³-hybridized carbons (Fsp3) is 0.847. The van der Waals surface area contributed by atoms with Crippen molar-refractivity contribution in [3.8, 4) is 11.8 Å². The number of benzene rings is 2. The molecule has 0 radical (unpaired) electrons. The van der Waals surface area contributed by atoms with Crippen LogP contribution in [0.5, 0.6) is 0 Å². The van der Waals surface area contributed by atoms with Crippen LogP contribution in [0.3, 0.4) is 0 Å². The summed E-state index contributed by atoms with van der Waals surface area (Å²) in [5, 5.41) is 2.87. The predicted octanol–water partition coefficient (Wildman–Crippen LogP) is 42.6. The van der Waals surface area contributed by atoms with Crippen molar-refractivity contribution < 1.29 is 19.1 Å². The summed E-state index contributed by atoms with van der Waals surface area (Å²) in [6.07, 6.45) is 125. The molecular weight excluding hydrogens is 1500 g/mol. The Morgan fingerprint density at radius 3 is 0.628 bits per heavy atom. The third-order valence-corrected chi connectivity index (χ3v) is 28.4. The number of rotatable bonds is 93. The molecule has 0 atom stereocenters. The fourth-order valence-corrected chi connectivity index (χ4v) is 20.1. The summed E-state index contributed by atoms with van der Waals surface area (Å²) in [4.78, 5) is 0. The van der Waals surface area contributed by atoms with Gasteiger partial charge in [-0.1, -0.05) is 439 Å². The molecule has 2 nitrogen and oxygen atoms in total. The van der Waals surface area contributed by atoms with E-state index >= 15 is 0 Å². The molecule has 0 aromatic heterocycles. The van der Waals surface area contributed by atoms with Crippen LogP contribution >= 0.6 is 0 Å². The van der Waals surface area contributed by atoms with E-state index in [2.05, 4.69) is 118 Å². The minimum atomic E-state index is 0.921.